The highest BCUT2D eigenvalue weighted by Crippen LogP contribution is 2.14. The van der Waals surface area contributed by atoms with E-state index < -0.39 is 0 Å². The first-order valence-electron chi connectivity index (χ1n) is 2.39. The van der Waals surface area contributed by atoms with Gasteiger partial charge in [-0.3, -0.25) is 0 Å². The molecule has 0 spiro atoms. The molecule has 0 amide bonds. The summed E-state index contributed by atoms with van der Waals surface area (Å²) in [6.45, 7) is 0. The van der Waals surface area contributed by atoms with Gasteiger partial charge in [0, 0.05) is 0 Å². The fourth-order valence-corrected chi connectivity index (χ4v) is 0. The van der Waals surface area contributed by atoms with Crippen molar-refractivity contribution in [2.24, 2.45) is 0 Å². The van der Waals surface area contributed by atoms with Gasteiger partial charge < -0.3 is 0 Å². The van der Waals surface area contributed by atoms with Crippen molar-refractivity contribution >= 4 is 25.3 Å². The van der Waals surface area contributed by atoms with E-state index in [1.54, 1.807) is 0 Å². The predicted octanol–water partition coefficient (Wildman–Crippen LogP) is 1.96. The molecule has 0 N–H and O–H groups in total. The van der Waals surface area contributed by atoms with Crippen LogP contribution in [0.4, 0.5) is 0 Å². The molecule has 0 aromatic heterocycles. The Bertz CT molecular complexity index is 94.4. The zero-order valence-electron chi connectivity index (χ0n) is 4.91. The van der Waals surface area contributed by atoms with E-state index in [4.69, 9.17) is 10.5 Å². The Balaban J connectivity index is 0. The van der Waals surface area contributed by atoms with E-state index >= 15 is 0 Å². The number of thiocyanates is 2. The first-order valence-corrected chi connectivity index (χ1v) is 3.29. The molecule has 0 bridgehead atoms. The number of nitrogens with zero attached hydrogens (tertiary/aromatic N) is 2. The van der Waals surface area contributed by atoms with Gasteiger partial charge in [0.2, 0.25) is 0 Å². The van der Waals surface area contributed by atoms with Crippen LogP contribution < -0.4 is 0 Å². The summed E-state index contributed by atoms with van der Waals surface area (Å²) >= 11 is 6.19. The monoisotopic (exact) mass is 160 g/mol. The van der Waals surface area contributed by atoms with Crippen molar-refractivity contribution in [3.63, 3.8) is 0 Å². The number of thiol groups is 2. The topological polar surface area (TPSA) is 47.6 Å². The van der Waals surface area contributed by atoms with E-state index in [0.29, 0.717) is 0 Å². The van der Waals surface area contributed by atoms with E-state index in [1.165, 1.54) is 30.1 Å². The zero-order valence-corrected chi connectivity index (χ0v) is 6.70. The van der Waals surface area contributed by atoms with Gasteiger partial charge in [0.05, 0.1) is 0 Å². The van der Waals surface area contributed by atoms with Crippen LogP contribution >= 0.6 is 25.3 Å². The number of hydrogen-bond donors (Lipinski definition) is 2. The minimum Gasteiger partial charge on any atom is -0.185 e. The van der Waals surface area contributed by atoms with E-state index in [2.05, 4.69) is 25.3 Å². The van der Waals surface area contributed by atoms with Crippen molar-refractivity contribution in [2.75, 3.05) is 0 Å². The maximum absolute atomic E-state index is 7.18. The van der Waals surface area contributed by atoms with Crippen LogP contribution in [0.25, 0.3) is 0 Å². The molecule has 0 radical (unpaired) electrons. The number of nitriles is 2. The summed E-state index contributed by atoms with van der Waals surface area (Å²) < 4.78 is 0. The first-order chi connectivity index (χ1) is 4.33. The lowest BCUT2D eigenvalue weighted by Crippen LogP contribution is -0.961. The lowest BCUT2D eigenvalue weighted by Gasteiger charge is -1.14. The second-order valence-corrected chi connectivity index (χ2v) is 1.66. The Morgan fingerprint density at radius 1 is 0.889 bits per heavy atom. The molecule has 9 heavy (non-hydrogen) atoms. The van der Waals surface area contributed by atoms with E-state index in [0.717, 1.165) is 0 Å². The molecule has 1 aliphatic carbocycles. The molecule has 0 unspecified atom stereocenters. The highest BCUT2D eigenvalue weighted by molar-refractivity contribution is 7.85. The van der Waals surface area contributed by atoms with Crippen molar-refractivity contribution in [2.45, 2.75) is 19.3 Å². The normalized spacial score (nSPS) is 9.78. The summed E-state index contributed by atoms with van der Waals surface area (Å²) in [5, 5.41) is 17.3. The second-order valence-electron chi connectivity index (χ2n) is 1.26. The highest BCUT2D eigenvalue weighted by atomic mass is 32.1. The molecule has 0 aromatic carbocycles. The molecular formula is C5H8N2S2. The third-order valence-electron chi connectivity index (χ3n) is 0.354. The Kier molecular flexibility index (Phi) is 19.9. The third kappa shape index (κ3) is 536. The molecule has 0 heterocycles. The van der Waals surface area contributed by atoms with Crippen LogP contribution in [0, 0.1) is 21.3 Å². The van der Waals surface area contributed by atoms with Crippen LogP contribution in [0.2, 0.25) is 0 Å². The van der Waals surface area contributed by atoms with Crippen LogP contribution in [-0.2, 0) is 0 Å². The van der Waals surface area contributed by atoms with E-state index in [-0.39, 0.29) is 0 Å². The standard InChI is InChI=1S/C3H6.2CHNS/c1-2-3-1;2*2-1-3/h1-3H2;2*3H. The Labute approximate surface area is 66.3 Å². The molecule has 0 atom stereocenters. The predicted molar refractivity (Wildman–Crippen MR) is 43.0 cm³/mol. The van der Waals surface area contributed by atoms with Gasteiger partial charge in [-0.25, -0.2) is 0 Å². The lowest BCUT2D eigenvalue weighted by atomic mass is 11.0. The minimum absolute atomic E-state index is 1.44. The largest absolute Gasteiger partial charge is 0.185 e. The van der Waals surface area contributed by atoms with Gasteiger partial charge in [0.1, 0.15) is 10.8 Å². The molecule has 4 heteroatoms. The molecular weight excluding hydrogens is 152 g/mol. The van der Waals surface area contributed by atoms with E-state index in [1.807, 2.05) is 0 Å². The van der Waals surface area contributed by atoms with Crippen molar-refractivity contribution in [1.29, 1.82) is 10.5 Å². The highest BCUT2D eigenvalue weighted by Gasteiger charge is 1.95. The van der Waals surface area contributed by atoms with E-state index in [9.17, 15) is 0 Å². The van der Waals surface area contributed by atoms with Gasteiger partial charge in [0.25, 0.3) is 0 Å². The molecule has 1 saturated carbocycles. The molecule has 1 aliphatic rings. The Hall–Kier alpha value is -0.320. The van der Waals surface area contributed by atoms with Gasteiger partial charge >= 0.3 is 0 Å². The second kappa shape index (κ2) is 15.6. The third-order valence-corrected chi connectivity index (χ3v) is 0.354. The van der Waals surface area contributed by atoms with Gasteiger partial charge in [0.15, 0.2) is 0 Å². The van der Waals surface area contributed by atoms with Crippen molar-refractivity contribution in [3.05, 3.63) is 0 Å². The van der Waals surface area contributed by atoms with Crippen molar-refractivity contribution < 1.29 is 0 Å². The maximum atomic E-state index is 7.18. The molecule has 0 aliphatic heterocycles. The summed E-state index contributed by atoms with van der Waals surface area (Å²) in [6.07, 6.45) is 4.50. The van der Waals surface area contributed by atoms with Gasteiger partial charge in [-0.1, -0.05) is 44.5 Å². The average Bonchev–Trinajstić information content (AvgIpc) is 2.48. The molecule has 1 rings (SSSR count). The molecule has 0 saturated heterocycles. The smallest absolute Gasteiger partial charge is 0.130 e. The fraction of sp³-hybridized carbons (Fsp3) is 0.600. The van der Waals surface area contributed by atoms with Crippen molar-refractivity contribution in [3.8, 4) is 10.8 Å². The Morgan fingerprint density at radius 3 is 1.00 bits per heavy atom. The van der Waals surface area contributed by atoms with Crippen LogP contribution in [0.5, 0.6) is 0 Å². The van der Waals surface area contributed by atoms with Crippen LogP contribution in [0.3, 0.4) is 0 Å². The average molecular weight is 160 g/mol. The zero-order chi connectivity index (χ0) is 7.54. The summed E-state index contributed by atoms with van der Waals surface area (Å²) in [7, 11) is 0. The molecule has 50 valence electrons. The quantitative estimate of drug-likeness (QED) is 0.420. The molecule has 2 nitrogen and oxygen atoms in total. The lowest BCUT2D eigenvalue weighted by molar-refractivity contribution is 1.50. The SMILES string of the molecule is C1CC1.N#CS.N#CS. The molecule has 0 aromatic rings. The van der Waals surface area contributed by atoms with Crippen LogP contribution in [0.1, 0.15) is 19.3 Å². The number of hydrogen-bond acceptors (Lipinski definition) is 4. The summed E-state index contributed by atoms with van der Waals surface area (Å²) in [5.41, 5.74) is 0. The minimum atomic E-state index is 1.44. The molecule has 1 fully saturated rings. The van der Waals surface area contributed by atoms with Gasteiger partial charge in [-0.2, -0.15) is 10.5 Å². The summed E-state index contributed by atoms with van der Waals surface area (Å²) in [5.74, 6) is 0. The Morgan fingerprint density at radius 2 is 1.00 bits per heavy atom. The van der Waals surface area contributed by atoms with Crippen molar-refractivity contribution in [1.82, 2.24) is 0 Å². The summed E-state index contributed by atoms with van der Waals surface area (Å²) in [6, 6.07) is 0. The summed E-state index contributed by atoms with van der Waals surface area (Å²) in [4.78, 5) is 0. The fourth-order valence-electron chi connectivity index (χ4n) is 0. The van der Waals surface area contributed by atoms with Gasteiger partial charge in [-0.15, -0.1) is 0 Å². The maximum Gasteiger partial charge on any atom is 0.130 e. The van der Waals surface area contributed by atoms with Gasteiger partial charge in [-0.05, 0) is 0 Å². The number of rotatable bonds is 0. The van der Waals surface area contributed by atoms with Crippen LogP contribution in [0.15, 0.2) is 0 Å². The van der Waals surface area contributed by atoms with Crippen LogP contribution in [-0.4, -0.2) is 0 Å². The first kappa shape index (κ1) is 11.5.